The van der Waals surface area contributed by atoms with E-state index < -0.39 is 6.23 Å². The average Bonchev–Trinajstić information content (AvgIpc) is 3.16. The van der Waals surface area contributed by atoms with Crippen molar-refractivity contribution < 1.29 is 14.3 Å². The molecule has 3 N–H and O–H groups in total. The lowest BCUT2D eigenvalue weighted by Gasteiger charge is -2.38. The Kier molecular flexibility index (Phi) is 6.35. The van der Waals surface area contributed by atoms with Crippen LogP contribution in [-0.2, 0) is 16.0 Å². The van der Waals surface area contributed by atoms with Gasteiger partial charge in [-0.2, -0.15) is 0 Å². The molecule has 1 aliphatic heterocycles. The number of amides is 3. The van der Waals surface area contributed by atoms with Gasteiger partial charge in [-0.1, -0.05) is 6.07 Å². The van der Waals surface area contributed by atoms with E-state index in [1.807, 2.05) is 30.3 Å². The minimum absolute atomic E-state index is 0.000281. The van der Waals surface area contributed by atoms with Crippen LogP contribution in [-0.4, -0.2) is 64.7 Å². The van der Waals surface area contributed by atoms with Crippen LogP contribution < -0.4 is 11.1 Å². The molecule has 0 spiro atoms. The number of hydrogen-bond acceptors (Lipinski definition) is 7. The number of carbonyl (C=O) groups excluding carboxylic acids is 2. The van der Waals surface area contributed by atoms with Crippen molar-refractivity contribution in [2.75, 3.05) is 37.8 Å². The lowest BCUT2D eigenvalue weighted by Crippen LogP contribution is -2.57. The van der Waals surface area contributed by atoms with Gasteiger partial charge in [0.2, 0.25) is 5.91 Å². The maximum atomic E-state index is 12.8. The highest BCUT2D eigenvalue weighted by atomic mass is 79.9. The molecule has 1 saturated heterocycles. The van der Waals surface area contributed by atoms with Crippen LogP contribution in [0.2, 0.25) is 0 Å². The third-order valence-corrected chi connectivity index (χ3v) is 6.65. The fourth-order valence-electron chi connectivity index (χ4n) is 3.50. The number of urea groups is 1. The molecule has 1 fully saturated rings. The molecule has 4 rings (SSSR count). The Balaban J connectivity index is 1.40. The van der Waals surface area contributed by atoms with Crippen molar-refractivity contribution in [2.45, 2.75) is 12.6 Å². The van der Waals surface area contributed by atoms with Crippen LogP contribution in [0.1, 0.15) is 5.56 Å². The smallest absolute Gasteiger partial charge is 0.322 e. The number of nitrogens with zero attached hydrogens (tertiary/aromatic N) is 4. The van der Waals surface area contributed by atoms with Crippen molar-refractivity contribution in [3.05, 3.63) is 46.0 Å². The van der Waals surface area contributed by atoms with Crippen LogP contribution in [0.5, 0.6) is 0 Å². The zero-order valence-electron chi connectivity index (χ0n) is 16.7. The maximum absolute atomic E-state index is 12.8. The fraction of sp³-hybridized carbons (Fsp3) is 0.300. The molecular weight excluding hydrogens is 484 g/mol. The minimum Gasteiger partial charge on any atom is -0.383 e. The molecule has 0 radical (unpaired) electrons. The molecular formula is C20H21BrN6O3S. The summed E-state index contributed by atoms with van der Waals surface area (Å²) in [6, 6.07) is 9.12. The van der Waals surface area contributed by atoms with Crippen molar-refractivity contribution in [3.63, 3.8) is 0 Å². The van der Waals surface area contributed by atoms with Gasteiger partial charge < -0.3 is 20.3 Å². The van der Waals surface area contributed by atoms with Gasteiger partial charge in [0.1, 0.15) is 24.9 Å². The number of rotatable bonds is 5. The lowest BCUT2D eigenvalue weighted by molar-refractivity contribution is -0.148. The molecule has 0 aliphatic carbocycles. The van der Waals surface area contributed by atoms with E-state index in [-0.39, 0.29) is 18.5 Å². The van der Waals surface area contributed by atoms with Gasteiger partial charge in [0.15, 0.2) is 0 Å². The Morgan fingerprint density at radius 3 is 2.87 bits per heavy atom. The van der Waals surface area contributed by atoms with Gasteiger partial charge in [-0.15, -0.1) is 11.3 Å². The van der Waals surface area contributed by atoms with Gasteiger partial charge in [-0.05, 0) is 45.8 Å². The van der Waals surface area contributed by atoms with Gasteiger partial charge in [-0.3, -0.25) is 10.1 Å². The van der Waals surface area contributed by atoms with Crippen LogP contribution in [0, 0.1) is 0 Å². The first-order valence-electron chi connectivity index (χ1n) is 9.57. The molecule has 2 aromatic heterocycles. The van der Waals surface area contributed by atoms with Crippen LogP contribution in [0.25, 0.3) is 10.9 Å². The first-order valence-corrected chi connectivity index (χ1v) is 11.2. The van der Waals surface area contributed by atoms with Gasteiger partial charge in [0.05, 0.1) is 14.3 Å². The zero-order chi connectivity index (χ0) is 22.0. The molecule has 11 heteroatoms. The zero-order valence-corrected chi connectivity index (χ0v) is 19.1. The number of fused-ring (bicyclic) bond motifs is 1. The summed E-state index contributed by atoms with van der Waals surface area (Å²) in [4.78, 5) is 36.7. The van der Waals surface area contributed by atoms with Gasteiger partial charge >= 0.3 is 6.03 Å². The summed E-state index contributed by atoms with van der Waals surface area (Å²) in [6.45, 7) is 0.812. The van der Waals surface area contributed by atoms with E-state index in [1.165, 1.54) is 22.6 Å². The second-order valence-corrected chi connectivity index (χ2v) is 9.51. The Hall–Kier alpha value is -2.76. The molecule has 1 aromatic carbocycles. The number of benzene rings is 1. The van der Waals surface area contributed by atoms with E-state index in [0.29, 0.717) is 25.3 Å². The predicted octanol–water partition coefficient (Wildman–Crippen LogP) is 2.93. The molecule has 1 unspecified atom stereocenters. The van der Waals surface area contributed by atoms with Crippen molar-refractivity contribution in [2.24, 2.45) is 0 Å². The number of ether oxygens (including phenoxy) is 1. The number of aromatic nitrogens is 2. The Bertz CT molecular complexity index is 1120. The highest BCUT2D eigenvalue weighted by Gasteiger charge is 2.32. The average molecular weight is 505 g/mol. The Morgan fingerprint density at radius 1 is 1.32 bits per heavy atom. The summed E-state index contributed by atoms with van der Waals surface area (Å²) in [5.41, 5.74) is 7.60. The first-order chi connectivity index (χ1) is 14.9. The second-order valence-electron chi connectivity index (χ2n) is 7.05. The molecule has 1 aliphatic rings. The fourth-order valence-corrected chi connectivity index (χ4v) is 4.78. The number of piperazine rings is 1. The number of nitrogens with two attached hydrogens (primary N) is 1. The van der Waals surface area contributed by atoms with Crippen molar-refractivity contribution in [3.8, 4) is 0 Å². The highest BCUT2D eigenvalue weighted by Crippen LogP contribution is 2.27. The van der Waals surface area contributed by atoms with E-state index in [4.69, 9.17) is 10.5 Å². The molecule has 3 heterocycles. The summed E-state index contributed by atoms with van der Waals surface area (Å²) in [7, 11) is 1.58. The lowest BCUT2D eigenvalue weighted by atomic mass is 10.1. The molecule has 0 saturated carbocycles. The van der Waals surface area contributed by atoms with E-state index >= 15 is 0 Å². The van der Waals surface area contributed by atoms with E-state index in [0.717, 1.165) is 25.3 Å². The van der Waals surface area contributed by atoms with Crippen molar-refractivity contribution >= 4 is 60.9 Å². The monoisotopic (exact) mass is 504 g/mol. The quantitative estimate of drug-likeness (QED) is 0.552. The normalized spacial score (nSPS) is 15.4. The summed E-state index contributed by atoms with van der Waals surface area (Å²) >= 11 is 4.79. The van der Waals surface area contributed by atoms with Crippen molar-refractivity contribution in [1.82, 2.24) is 19.8 Å². The number of hydrogen-bond donors (Lipinski definition) is 2. The van der Waals surface area contributed by atoms with E-state index in [2.05, 4.69) is 31.2 Å². The third kappa shape index (κ3) is 4.78. The minimum atomic E-state index is -0.442. The first kappa shape index (κ1) is 21.5. The molecule has 162 valence electrons. The second kappa shape index (κ2) is 9.16. The third-order valence-electron chi connectivity index (χ3n) is 5.11. The SMILES string of the molecule is COC(Cc1ccc2c(N)ncnc2c1)N1CCN(C(=O)Nc2ccc(Br)s2)CC1=O. The number of nitrogens with one attached hydrogen (secondary N) is 1. The standard InChI is InChI=1S/C20H21BrN6O3S/c1-30-18(9-12-2-3-13-14(8-12)23-11-24-19(13)22)27-7-6-26(10-17(27)28)20(29)25-16-5-4-15(21)31-16/h2-5,8,11,18H,6-7,9-10H2,1H3,(H,25,29)(H2,22,23,24). The number of nitrogen functional groups attached to an aromatic ring is 1. The molecule has 3 amide bonds. The topological polar surface area (TPSA) is 114 Å². The largest absolute Gasteiger partial charge is 0.383 e. The molecule has 0 bridgehead atoms. The van der Waals surface area contributed by atoms with Gasteiger partial charge in [0.25, 0.3) is 0 Å². The van der Waals surface area contributed by atoms with Crippen LogP contribution >= 0.6 is 27.3 Å². The Morgan fingerprint density at radius 2 is 2.16 bits per heavy atom. The van der Waals surface area contributed by atoms with Crippen LogP contribution in [0.15, 0.2) is 40.4 Å². The van der Waals surface area contributed by atoms with Crippen LogP contribution in [0.3, 0.4) is 0 Å². The molecule has 3 aromatic rings. The molecule has 31 heavy (non-hydrogen) atoms. The van der Waals surface area contributed by atoms with Crippen molar-refractivity contribution in [1.29, 1.82) is 0 Å². The number of methoxy groups -OCH3 is 1. The highest BCUT2D eigenvalue weighted by molar-refractivity contribution is 9.11. The molecule has 1 atom stereocenters. The predicted molar refractivity (Wildman–Crippen MR) is 123 cm³/mol. The van der Waals surface area contributed by atoms with E-state index in [9.17, 15) is 9.59 Å². The number of anilines is 2. The summed E-state index contributed by atoms with van der Waals surface area (Å²) in [6.07, 6.45) is 1.48. The number of halogens is 1. The summed E-state index contributed by atoms with van der Waals surface area (Å²) < 4.78 is 6.54. The van der Waals surface area contributed by atoms with Crippen LogP contribution in [0.4, 0.5) is 15.6 Å². The van der Waals surface area contributed by atoms with Gasteiger partial charge in [0, 0.05) is 32.0 Å². The summed E-state index contributed by atoms with van der Waals surface area (Å²) in [5.74, 6) is 0.271. The summed E-state index contributed by atoms with van der Waals surface area (Å²) in [5, 5.41) is 4.33. The Labute approximate surface area is 191 Å². The van der Waals surface area contributed by atoms with Gasteiger partial charge in [-0.25, -0.2) is 14.8 Å². The van der Waals surface area contributed by atoms with E-state index in [1.54, 1.807) is 12.0 Å². The number of thiophene rings is 1. The number of carbonyl (C=O) groups is 2. The maximum Gasteiger partial charge on any atom is 0.322 e. The molecule has 9 nitrogen and oxygen atoms in total.